The summed E-state index contributed by atoms with van der Waals surface area (Å²) in [6.07, 6.45) is 0. The summed E-state index contributed by atoms with van der Waals surface area (Å²) >= 11 is 0. The Labute approximate surface area is 109 Å². The van der Waals surface area contributed by atoms with Crippen LogP contribution in [0.15, 0.2) is 12.1 Å². The van der Waals surface area contributed by atoms with Crippen molar-refractivity contribution in [3.05, 3.63) is 28.8 Å². The van der Waals surface area contributed by atoms with Crippen molar-refractivity contribution in [2.45, 2.75) is 52.4 Å². The smallest absolute Gasteiger partial charge is 0.252 e. The van der Waals surface area contributed by atoms with Gasteiger partial charge in [-0.2, -0.15) is 0 Å². The Hall–Kier alpha value is -1.51. The van der Waals surface area contributed by atoms with Crippen LogP contribution in [0.2, 0.25) is 0 Å². The van der Waals surface area contributed by atoms with Gasteiger partial charge in [-0.05, 0) is 28.0 Å². The van der Waals surface area contributed by atoms with Crippen molar-refractivity contribution in [1.82, 2.24) is 0 Å². The van der Waals surface area contributed by atoms with Gasteiger partial charge in [0.15, 0.2) is 0 Å². The van der Waals surface area contributed by atoms with Crippen LogP contribution >= 0.6 is 0 Å². The summed E-state index contributed by atoms with van der Waals surface area (Å²) in [4.78, 5) is 11.5. The van der Waals surface area contributed by atoms with Gasteiger partial charge in [0.1, 0.15) is 5.75 Å². The molecular weight excluding hydrogens is 226 g/mol. The van der Waals surface area contributed by atoms with Crippen LogP contribution in [-0.4, -0.2) is 11.0 Å². The Morgan fingerprint density at radius 2 is 1.56 bits per heavy atom. The highest BCUT2D eigenvalue weighted by atomic mass is 16.3. The maximum absolute atomic E-state index is 11.5. The minimum Gasteiger partial charge on any atom is -0.507 e. The van der Waals surface area contributed by atoms with Crippen molar-refractivity contribution in [3.63, 3.8) is 0 Å². The molecule has 3 heteroatoms. The van der Waals surface area contributed by atoms with Crippen molar-refractivity contribution in [2.24, 2.45) is 5.73 Å². The molecule has 0 aliphatic carbocycles. The van der Waals surface area contributed by atoms with E-state index in [4.69, 9.17) is 5.73 Å². The Kier molecular flexibility index (Phi) is 3.48. The fourth-order valence-corrected chi connectivity index (χ4v) is 1.91. The Morgan fingerprint density at radius 3 is 1.89 bits per heavy atom. The van der Waals surface area contributed by atoms with E-state index in [1.165, 1.54) is 0 Å². The molecule has 3 nitrogen and oxygen atoms in total. The number of phenols is 1. The van der Waals surface area contributed by atoms with Gasteiger partial charge in [-0.3, -0.25) is 4.79 Å². The minimum absolute atomic E-state index is 0.0279. The summed E-state index contributed by atoms with van der Waals surface area (Å²) in [5, 5.41) is 10.1. The topological polar surface area (TPSA) is 63.3 Å². The van der Waals surface area contributed by atoms with E-state index in [0.29, 0.717) is 0 Å². The summed E-state index contributed by atoms with van der Waals surface area (Å²) in [5.74, 6) is -0.613. The zero-order valence-corrected chi connectivity index (χ0v) is 12.1. The van der Waals surface area contributed by atoms with Crippen molar-refractivity contribution >= 4 is 5.91 Å². The third kappa shape index (κ3) is 2.84. The van der Waals surface area contributed by atoms with Crippen molar-refractivity contribution < 1.29 is 9.90 Å². The second-order valence-corrected chi connectivity index (χ2v) is 6.78. The van der Waals surface area contributed by atoms with Crippen LogP contribution in [0.4, 0.5) is 0 Å². The zero-order valence-electron chi connectivity index (χ0n) is 12.1. The quantitative estimate of drug-likeness (QED) is 0.803. The third-order valence-corrected chi connectivity index (χ3v) is 3.04. The Bertz CT molecular complexity index is 476. The van der Waals surface area contributed by atoms with Crippen LogP contribution in [0.3, 0.4) is 0 Å². The highest BCUT2D eigenvalue weighted by Crippen LogP contribution is 2.36. The number of aromatic hydroxyl groups is 1. The Balaban J connectivity index is 3.64. The number of carbonyl (C=O) groups is 1. The normalized spacial score (nSPS) is 12.6. The lowest BCUT2D eigenvalue weighted by Gasteiger charge is -2.27. The number of nitrogens with two attached hydrogens (primary N) is 1. The van der Waals surface area contributed by atoms with Crippen LogP contribution < -0.4 is 5.73 Å². The predicted molar refractivity (Wildman–Crippen MR) is 74.0 cm³/mol. The molecule has 1 amide bonds. The molecule has 0 radical (unpaired) electrons. The molecule has 18 heavy (non-hydrogen) atoms. The highest BCUT2D eigenvalue weighted by molar-refractivity contribution is 5.97. The van der Waals surface area contributed by atoms with Crippen molar-refractivity contribution in [1.29, 1.82) is 0 Å². The molecule has 1 aromatic carbocycles. The monoisotopic (exact) mass is 249 g/mol. The second kappa shape index (κ2) is 4.30. The van der Waals surface area contributed by atoms with Crippen LogP contribution in [0.25, 0.3) is 0 Å². The van der Waals surface area contributed by atoms with E-state index in [0.717, 1.165) is 11.1 Å². The fraction of sp³-hybridized carbons (Fsp3) is 0.533. The van der Waals surface area contributed by atoms with Gasteiger partial charge in [0.2, 0.25) is 0 Å². The van der Waals surface area contributed by atoms with Gasteiger partial charge in [0.05, 0.1) is 5.56 Å². The van der Waals surface area contributed by atoms with E-state index >= 15 is 0 Å². The standard InChI is InChI=1S/C15H23NO2/c1-14(2,3)9-7-10(15(4,5)6)12(13(16)18)11(17)8-9/h7-8,17H,1-6H3,(H2,16,18). The van der Waals surface area contributed by atoms with Gasteiger partial charge >= 0.3 is 0 Å². The number of primary amides is 1. The highest BCUT2D eigenvalue weighted by Gasteiger charge is 2.27. The average Bonchev–Trinajstić information content (AvgIpc) is 2.12. The van der Waals surface area contributed by atoms with Crippen molar-refractivity contribution in [3.8, 4) is 5.75 Å². The predicted octanol–water partition coefficient (Wildman–Crippen LogP) is 3.09. The SMILES string of the molecule is CC(C)(C)c1cc(O)c(C(N)=O)c(C(C)(C)C)c1. The number of carbonyl (C=O) groups excluding carboxylic acids is 1. The van der Waals surface area contributed by atoms with Crippen LogP contribution in [0.1, 0.15) is 63.0 Å². The number of hydrogen-bond acceptors (Lipinski definition) is 2. The molecule has 0 bridgehead atoms. The molecule has 0 fully saturated rings. The molecule has 0 aromatic heterocycles. The molecule has 3 N–H and O–H groups in total. The van der Waals surface area contributed by atoms with Gasteiger partial charge in [-0.1, -0.05) is 47.6 Å². The van der Waals surface area contributed by atoms with E-state index < -0.39 is 5.91 Å². The first-order valence-electron chi connectivity index (χ1n) is 6.12. The van der Waals surface area contributed by atoms with E-state index in [9.17, 15) is 9.90 Å². The third-order valence-electron chi connectivity index (χ3n) is 3.04. The molecule has 0 saturated carbocycles. The summed E-state index contributed by atoms with van der Waals surface area (Å²) in [6, 6.07) is 3.61. The molecule has 1 aromatic rings. The van der Waals surface area contributed by atoms with Gasteiger partial charge in [0, 0.05) is 0 Å². The lowest BCUT2D eigenvalue weighted by atomic mass is 9.78. The lowest BCUT2D eigenvalue weighted by molar-refractivity contribution is 0.0995. The fourth-order valence-electron chi connectivity index (χ4n) is 1.91. The molecule has 0 atom stereocenters. The van der Waals surface area contributed by atoms with E-state index in [2.05, 4.69) is 20.8 Å². The molecule has 0 saturated heterocycles. The summed E-state index contributed by atoms with van der Waals surface area (Å²) < 4.78 is 0. The maximum Gasteiger partial charge on any atom is 0.252 e. The summed E-state index contributed by atoms with van der Waals surface area (Å²) in [7, 11) is 0. The first-order valence-corrected chi connectivity index (χ1v) is 6.12. The van der Waals surface area contributed by atoms with Crippen LogP contribution in [0, 0.1) is 0 Å². The molecule has 0 unspecified atom stereocenters. The number of hydrogen-bond donors (Lipinski definition) is 2. The number of benzene rings is 1. The first-order chi connectivity index (χ1) is 7.94. The van der Waals surface area contributed by atoms with Gasteiger partial charge in [-0.25, -0.2) is 0 Å². The second-order valence-electron chi connectivity index (χ2n) is 6.78. The van der Waals surface area contributed by atoms with Crippen LogP contribution in [-0.2, 0) is 10.8 Å². The molecule has 0 aliphatic rings. The molecule has 1 rings (SSSR count). The molecule has 0 heterocycles. The van der Waals surface area contributed by atoms with Gasteiger partial charge in [-0.15, -0.1) is 0 Å². The zero-order chi connectivity index (χ0) is 14.3. The molecule has 100 valence electrons. The summed E-state index contributed by atoms with van der Waals surface area (Å²) in [6.45, 7) is 12.2. The van der Waals surface area contributed by atoms with E-state index in [1.807, 2.05) is 26.8 Å². The largest absolute Gasteiger partial charge is 0.507 e. The van der Waals surface area contributed by atoms with E-state index in [-0.39, 0.29) is 22.1 Å². The van der Waals surface area contributed by atoms with Gasteiger partial charge in [0.25, 0.3) is 5.91 Å². The Morgan fingerprint density at radius 1 is 1.06 bits per heavy atom. The maximum atomic E-state index is 11.5. The lowest BCUT2D eigenvalue weighted by Crippen LogP contribution is -2.23. The number of rotatable bonds is 1. The summed E-state index contributed by atoms with van der Waals surface area (Å²) in [5.41, 5.74) is 7.05. The molecular formula is C15H23NO2. The number of amides is 1. The molecule has 0 aliphatic heterocycles. The minimum atomic E-state index is -0.585. The average molecular weight is 249 g/mol. The van der Waals surface area contributed by atoms with Crippen molar-refractivity contribution in [2.75, 3.05) is 0 Å². The van der Waals surface area contributed by atoms with Crippen LogP contribution in [0.5, 0.6) is 5.75 Å². The molecule has 0 spiro atoms. The first kappa shape index (κ1) is 14.6. The van der Waals surface area contributed by atoms with Gasteiger partial charge < -0.3 is 10.8 Å². The van der Waals surface area contributed by atoms with E-state index in [1.54, 1.807) is 6.07 Å².